The highest BCUT2D eigenvalue weighted by Gasteiger charge is 2.55. The first kappa shape index (κ1) is 16.2. The molecule has 0 aromatic carbocycles. The fourth-order valence-electron chi connectivity index (χ4n) is 3.88. The minimum atomic E-state index is -3.04. The van der Waals surface area contributed by atoms with Crippen molar-refractivity contribution in [3.05, 3.63) is 0 Å². The Morgan fingerprint density at radius 1 is 1.25 bits per heavy atom. The molecular weight excluding hydrogens is 276 g/mol. The molecule has 2 rings (SSSR count). The maximum Gasteiger partial charge on any atom is 0.151 e. The van der Waals surface area contributed by atoms with E-state index in [1.165, 1.54) is 0 Å². The summed E-state index contributed by atoms with van der Waals surface area (Å²) in [6.45, 7) is 5.29. The van der Waals surface area contributed by atoms with E-state index in [0.717, 1.165) is 32.5 Å². The highest BCUT2D eigenvalue weighted by atomic mass is 32.2. The summed E-state index contributed by atoms with van der Waals surface area (Å²) in [6.07, 6.45) is 3.84. The molecule has 0 saturated carbocycles. The molecule has 2 atom stereocenters. The van der Waals surface area contributed by atoms with Crippen LogP contribution in [0.4, 0.5) is 0 Å². The maximum absolute atomic E-state index is 11.9. The first-order chi connectivity index (χ1) is 9.36. The molecule has 0 aromatic rings. The van der Waals surface area contributed by atoms with Gasteiger partial charge in [0.05, 0.1) is 17.1 Å². The molecule has 2 fully saturated rings. The Bertz CT molecular complexity index is 440. The summed E-state index contributed by atoms with van der Waals surface area (Å²) >= 11 is 0. The van der Waals surface area contributed by atoms with E-state index in [2.05, 4.69) is 11.8 Å². The van der Waals surface area contributed by atoms with Crippen molar-refractivity contribution in [1.29, 1.82) is 0 Å². The molecule has 20 heavy (non-hydrogen) atoms. The van der Waals surface area contributed by atoms with Gasteiger partial charge in [-0.1, -0.05) is 6.92 Å². The summed E-state index contributed by atoms with van der Waals surface area (Å²) in [7, 11) is -3.04. The van der Waals surface area contributed by atoms with E-state index in [0.29, 0.717) is 19.3 Å². The minimum absolute atomic E-state index is 0.0563. The molecule has 0 aromatic heterocycles. The Morgan fingerprint density at radius 3 is 2.55 bits per heavy atom. The minimum Gasteiger partial charge on any atom is -0.389 e. The molecule has 2 saturated heterocycles. The lowest BCUT2D eigenvalue weighted by molar-refractivity contribution is -0.0784. The second-order valence-corrected chi connectivity index (χ2v) is 8.74. The van der Waals surface area contributed by atoms with Crippen LogP contribution in [0.5, 0.6) is 0 Å². The van der Waals surface area contributed by atoms with Crippen LogP contribution < -0.4 is 5.73 Å². The second kappa shape index (κ2) is 5.91. The van der Waals surface area contributed by atoms with Crippen LogP contribution in [0.25, 0.3) is 0 Å². The third kappa shape index (κ3) is 3.03. The number of hydrogen-bond acceptors (Lipinski definition) is 5. The van der Waals surface area contributed by atoms with Gasteiger partial charge < -0.3 is 15.7 Å². The molecule has 0 bridgehead atoms. The van der Waals surface area contributed by atoms with Gasteiger partial charge in [-0.25, -0.2) is 8.42 Å². The normalized spacial score (nSPS) is 38.8. The molecule has 0 spiro atoms. The molecule has 0 aliphatic carbocycles. The number of hydrogen-bond donors (Lipinski definition) is 2. The van der Waals surface area contributed by atoms with E-state index in [4.69, 9.17) is 5.73 Å². The van der Waals surface area contributed by atoms with Crippen molar-refractivity contribution in [3.63, 3.8) is 0 Å². The first-order valence-corrected chi connectivity index (χ1v) is 9.54. The van der Waals surface area contributed by atoms with E-state index >= 15 is 0 Å². The van der Waals surface area contributed by atoms with Crippen LogP contribution in [0.3, 0.4) is 0 Å². The summed E-state index contributed by atoms with van der Waals surface area (Å²) in [5.41, 5.74) is 4.36. The molecule has 3 N–H and O–H groups in total. The van der Waals surface area contributed by atoms with Crippen molar-refractivity contribution in [2.75, 3.05) is 37.7 Å². The van der Waals surface area contributed by atoms with E-state index in [9.17, 15) is 13.5 Å². The lowest BCUT2D eigenvalue weighted by Gasteiger charge is -2.43. The summed E-state index contributed by atoms with van der Waals surface area (Å²) in [6, 6.07) is 0. The van der Waals surface area contributed by atoms with Crippen molar-refractivity contribution in [3.8, 4) is 0 Å². The van der Waals surface area contributed by atoms with Crippen LogP contribution >= 0.6 is 0 Å². The number of sulfone groups is 1. The number of nitrogens with zero attached hydrogens (tertiary/aromatic N) is 1. The van der Waals surface area contributed by atoms with Crippen LogP contribution in [0, 0.1) is 5.41 Å². The number of likely N-dealkylation sites (tertiary alicyclic amines) is 1. The zero-order chi connectivity index (χ0) is 14.9. The topological polar surface area (TPSA) is 83.6 Å². The average Bonchev–Trinajstić information content (AvgIpc) is 2.60. The van der Waals surface area contributed by atoms with Gasteiger partial charge in [-0.2, -0.15) is 0 Å². The number of nitrogens with two attached hydrogens (primary N) is 1. The summed E-state index contributed by atoms with van der Waals surface area (Å²) in [4.78, 5) is 2.37. The quantitative estimate of drug-likeness (QED) is 0.784. The Hall–Kier alpha value is -0.170. The van der Waals surface area contributed by atoms with Crippen molar-refractivity contribution < 1.29 is 13.5 Å². The molecule has 2 aliphatic rings. The molecule has 2 heterocycles. The molecule has 2 aliphatic heterocycles. The van der Waals surface area contributed by atoms with Crippen LogP contribution in [0.2, 0.25) is 0 Å². The predicted molar refractivity (Wildman–Crippen MR) is 80.3 cm³/mol. The van der Waals surface area contributed by atoms with Crippen molar-refractivity contribution >= 4 is 9.84 Å². The Balaban J connectivity index is 2.16. The third-order valence-electron chi connectivity index (χ3n) is 5.21. The van der Waals surface area contributed by atoms with Gasteiger partial charge in [-0.15, -0.1) is 0 Å². The van der Waals surface area contributed by atoms with Gasteiger partial charge in [0.2, 0.25) is 0 Å². The Kier molecular flexibility index (Phi) is 4.79. The fraction of sp³-hybridized carbons (Fsp3) is 1.00. The zero-order valence-corrected chi connectivity index (χ0v) is 13.3. The second-order valence-electron chi connectivity index (χ2n) is 6.55. The van der Waals surface area contributed by atoms with Crippen molar-refractivity contribution in [1.82, 2.24) is 4.90 Å². The summed E-state index contributed by atoms with van der Waals surface area (Å²) < 4.78 is 23.7. The summed E-state index contributed by atoms with van der Waals surface area (Å²) in [5.74, 6) is 0.228. The van der Waals surface area contributed by atoms with Crippen LogP contribution in [0.1, 0.15) is 39.0 Å². The molecule has 0 amide bonds. The Labute approximate surface area is 122 Å². The van der Waals surface area contributed by atoms with E-state index in [1.807, 2.05) is 0 Å². The van der Waals surface area contributed by atoms with E-state index in [-0.39, 0.29) is 18.1 Å². The van der Waals surface area contributed by atoms with Crippen molar-refractivity contribution in [2.45, 2.75) is 44.6 Å². The van der Waals surface area contributed by atoms with Crippen molar-refractivity contribution in [2.24, 2.45) is 11.1 Å². The van der Waals surface area contributed by atoms with Gasteiger partial charge in [0, 0.05) is 18.5 Å². The predicted octanol–water partition coefficient (Wildman–Crippen LogP) is 0.377. The fourth-order valence-corrected chi connectivity index (χ4v) is 6.10. The van der Waals surface area contributed by atoms with Gasteiger partial charge in [0.1, 0.15) is 0 Å². The Morgan fingerprint density at radius 2 is 2.00 bits per heavy atom. The summed E-state index contributed by atoms with van der Waals surface area (Å²) in [5, 5.41) is 11.1. The van der Waals surface area contributed by atoms with Gasteiger partial charge in [0.25, 0.3) is 0 Å². The molecule has 118 valence electrons. The van der Waals surface area contributed by atoms with Crippen LogP contribution in [-0.4, -0.2) is 61.7 Å². The van der Waals surface area contributed by atoms with Gasteiger partial charge in [-0.05, 0) is 45.2 Å². The van der Waals surface area contributed by atoms with Crippen LogP contribution in [0.15, 0.2) is 0 Å². The lowest BCUT2D eigenvalue weighted by atomic mass is 9.68. The molecule has 2 unspecified atom stereocenters. The number of aliphatic hydroxyl groups is 1. The monoisotopic (exact) mass is 304 g/mol. The zero-order valence-electron chi connectivity index (χ0n) is 12.5. The van der Waals surface area contributed by atoms with Gasteiger partial charge >= 0.3 is 0 Å². The van der Waals surface area contributed by atoms with E-state index < -0.39 is 20.9 Å². The lowest BCUT2D eigenvalue weighted by Crippen LogP contribution is -2.54. The van der Waals surface area contributed by atoms with E-state index in [1.54, 1.807) is 0 Å². The molecule has 5 nitrogen and oxygen atoms in total. The molecule has 6 heteroatoms. The molecular formula is C14H28N2O3S. The number of rotatable bonds is 4. The van der Waals surface area contributed by atoms with Gasteiger partial charge in [0.15, 0.2) is 9.84 Å². The standard InChI is InChI=1S/C14H28N2O3S/c1-2-7-16-8-3-4-14(17,5-9-16)13(11-15)6-10-20(18,19)12-13/h17H,2-12,15H2,1H3. The average molecular weight is 304 g/mol. The highest BCUT2D eigenvalue weighted by Crippen LogP contribution is 2.46. The largest absolute Gasteiger partial charge is 0.389 e. The highest BCUT2D eigenvalue weighted by molar-refractivity contribution is 7.91. The third-order valence-corrected chi connectivity index (χ3v) is 7.03. The smallest absolute Gasteiger partial charge is 0.151 e. The SMILES string of the molecule is CCCN1CCCC(O)(C2(CN)CCS(=O)(=O)C2)CC1. The first-order valence-electron chi connectivity index (χ1n) is 7.72. The van der Waals surface area contributed by atoms with Gasteiger partial charge in [-0.3, -0.25) is 0 Å². The maximum atomic E-state index is 11.9. The van der Waals surface area contributed by atoms with Crippen LogP contribution in [-0.2, 0) is 9.84 Å². The molecule has 0 radical (unpaired) electrons.